The molecule has 0 bridgehead atoms. The van der Waals surface area contributed by atoms with Gasteiger partial charge in [-0.2, -0.15) is 0 Å². The van der Waals surface area contributed by atoms with Gasteiger partial charge in [0.2, 0.25) is 0 Å². The van der Waals surface area contributed by atoms with Crippen LogP contribution in [0.2, 0.25) is 0 Å². The summed E-state index contributed by atoms with van der Waals surface area (Å²) in [7, 11) is 0. The van der Waals surface area contributed by atoms with Crippen LogP contribution in [0, 0.1) is 5.92 Å². The van der Waals surface area contributed by atoms with Crippen LogP contribution in [0.3, 0.4) is 0 Å². The standard InChI is InChI=1S/C18H30N4O/c1-2-23-17(15-7-3-4-8-15)11-14-22-18(19)21-13-10-16-9-5-6-12-20-16/h5-6,9,12,15,17H,2-4,7-8,10-11,13-14H2,1H3,(H3,19,21,22). The van der Waals surface area contributed by atoms with Crippen molar-refractivity contribution in [1.82, 2.24) is 10.3 Å². The van der Waals surface area contributed by atoms with Crippen LogP contribution in [0.5, 0.6) is 0 Å². The van der Waals surface area contributed by atoms with Crippen molar-refractivity contribution in [3.05, 3.63) is 30.1 Å². The number of rotatable bonds is 9. The molecule has 1 aliphatic carbocycles. The van der Waals surface area contributed by atoms with E-state index in [1.165, 1.54) is 25.7 Å². The number of aliphatic imine (C=N–C) groups is 1. The molecule has 1 heterocycles. The van der Waals surface area contributed by atoms with Crippen molar-refractivity contribution in [3.63, 3.8) is 0 Å². The van der Waals surface area contributed by atoms with Crippen LogP contribution < -0.4 is 11.1 Å². The first-order valence-corrected chi connectivity index (χ1v) is 8.85. The quantitative estimate of drug-likeness (QED) is 0.542. The summed E-state index contributed by atoms with van der Waals surface area (Å²) in [5.74, 6) is 1.23. The highest BCUT2D eigenvalue weighted by molar-refractivity contribution is 5.77. The number of hydrogen-bond donors (Lipinski definition) is 2. The third-order valence-corrected chi connectivity index (χ3v) is 4.42. The van der Waals surface area contributed by atoms with E-state index in [2.05, 4.69) is 22.2 Å². The average molecular weight is 318 g/mol. The van der Waals surface area contributed by atoms with Gasteiger partial charge in [-0.3, -0.25) is 9.98 Å². The zero-order chi connectivity index (χ0) is 16.3. The van der Waals surface area contributed by atoms with E-state index in [9.17, 15) is 0 Å². The molecule has 5 heteroatoms. The largest absolute Gasteiger partial charge is 0.378 e. The van der Waals surface area contributed by atoms with Gasteiger partial charge in [-0.15, -0.1) is 0 Å². The Morgan fingerprint density at radius 2 is 2.26 bits per heavy atom. The topological polar surface area (TPSA) is 72.5 Å². The Bertz CT molecular complexity index is 457. The summed E-state index contributed by atoms with van der Waals surface area (Å²) in [6.45, 7) is 4.33. The third kappa shape index (κ3) is 6.57. The molecule has 0 aliphatic heterocycles. The number of nitrogens with one attached hydrogen (secondary N) is 1. The Kier molecular flexibility index (Phi) is 7.87. The minimum absolute atomic E-state index is 0.340. The molecule has 0 aromatic carbocycles. The van der Waals surface area contributed by atoms with E-state index in [1.54, 1.807) is 0 Å². The average Bonchev–Trinajstić information content (AvgIpc) is 3.09. The minimum Gasteiger partial charge on any atom is -0.378 e. The molecule has 0 saturated heterocycles. The first-order valence-electron chi connectivity index (χ1n) is 8.85. The van der Waals surface area contributed by atoms with E-state index in [4.69, 9.17) is 10.5 Å². The predicted octanol–water partition coefficient (Wildman–Crippen LogP) is 2.51. The van der Waals surface area contributed by atoms with Gasteiger partial charge in [0.1, 0.15) is 0 Å². The summed E-state index contributed by atoms with van der Waals surface area (Å²) in [4.78, 5) is 8.72. The SMILES string of the molecule is CCOC(CCN=C(N)NCCc1ccccn1)C1CCCC1. The van der Waals surface area contributed by atoms with Crippen LogP contribution in [-0.4, -0.2) is 36.7 Å². The molecule has 23 heavy (non-hydrogen) atoms. The summed E-state index contributed by atoms with van der Waals surface area (Å²) in [6.07, 6.45) is 9.24. The lowest BCUT2D eigenvalue weighted by molar-refractivity contribution is 0.0177. The monoisotopic (exact) mass is 318 g/mol. The number of aromatic nitrogens is 1. The molecule has 1 unspecified atom stereocenters. The van der Waals surface area contributed by atoms with Crippen LogP contribution in [0.4, 0.5) is 0 Å². The molecular formula is C18H30N4O. The smallest absolute Gasteiger partial charge is 0.188 e. The van der Waals surface area contributed by atoms with Crippen molar-refractivity contribution < 1.29 is 4.74 Å². The lowest BCUT2D eigenvalue weighted by atomic mass is 9.98. The second-order valence-corrected chi connectivity index (χ2v) is 6.09. The van der Waals surface area contributed by atoms with Crippen LogP contribution in [-0.2, 0) is 11.2 Å². The Morgan fingerprint density at radius 1 is 1.43 bits per heavy atom. The van der Waals surface area contributed by atoms with E-state index >= 15 is 0 Å². The highest BCUT2D eigenvalue weighted by Gasteiger charge is 2.24. The zero-order valence-electron chi connectivity index (χ0n) is 14.2. The third-order valence-electron chi connectivity index (χ3n) is 4.42. The second-order valence-electron chi connectivity index (χ2n) is 6.09. The minimum atomic E-state index is 0.340. The van der Waals surface area contributed by atoms with Crippen molar-refractivity contribution in [3.8, 4) is 0 Å². The molecule has 3 N–H and O–H groups in total. The molecule has 128 valence electrons. The molecule has 1 fully saturated rings. The molecule has 1 aliphatic rings. The van der Waals surface area contributed by atoms with E-state index < -0.39 is 0 Å². The van der Waals surface area contributed by atoms with Crippen LogP contribution in [0.25, 0.3) is 0 Å². The first-order chi connectivity index (χ1) is 11.3. The van der Waals surface area contributed by atoms with Gasteiger partial charge < -0.3 is 15.8 Å². The lowest BCUT2D eigenvalue weighted by Gasteiger charge is -2.22. The molecule has 0 radical (unpaired) electrons. The van der Waals surface area contributed by atoms with Gasteiger partial charge >= 0.3 is 0 Å². The summed E-state index contributed by atoms with van der Waals surface area (Å²) in [5, 5.41) is 3.15. The Labute approximate surface area is 139 Å². The Balaban J connectivity index is 1.66. The highest BCUT2D eigenvalue weighted by atomic mass is 16.5. The Hall–Kier alpha value is -1.62. The Morgan fingerprint density at radius 3 is 2.96 bits per heavy atom. The number of nitrogens with two attached hydrogens (primary N) is 1. The maximum atomic E-state index is 5.93. The lowest BCUT2D eigenvalue weighted by Crippen LogP contribution is -2.34. The van der Waals surface area contributed by atoms with Crippen molar-refractivity contribution in [2.24, 2.45) is 16.6 Å². The normalized spacial score (nSPS) is 17.3. The van der Waals surface area contributed by atoms with Crippen LogP contribution >= 0.6 is 0 Å². The maximum absolute atomic E-state index is 5.93. The number of nitrogens with zero attached hydrogens (tertiary/aromatic N) is 2. The van der Waals surface area contributed by atoms with Crippen LogP contribution in [0.1, 0.15) is 44.7 Å². The van der Waals surface area contributed by atoms with Crippen molar-refractivity contribution in [1.29, 1.82) is 0 Å². The molecule has 0 amide bonds. The van der Waals surface area contributed by atoms with Gasteiger partial charge in [-0.1, -0.05) is 18.9 Å². The van der Waals surface area contributed by atoms with Crippen molar-refractivity contribution in [2.45, 2.75) is 51.6 Å². The van der Waals surface area contributed by atoms with Gasteiger partial charge in [0.05, 0.1) is 6.10 Å². The van der Waals surface area contributed by atoms with Gasteiger partial charge in [0.15, 0.2) is 5.96 Å². The van der Waals surface area contributed by atoms with Gasteiger partial charge in [0, 0.05) is 38.0 Å². The summed E-state index contributed by atoms with van der Waals surface area (Å²) < 4.78 is 5.91. The molecule has 1 saturated carbocycles. The molecule has 0 spiro atoms. The zero-order valence-corrected chi connectivity index (χ0v) is 14.2. The van der Waals surface area contributed by atoms with Crippen molar-refractivity contribution in [2.75, 3.05) is 19.7 Å². The van der Waals surface area contributed by atoms with Gasteiger partial charge in [-0.05, 0) is 44.2 Å². The highest BCUT2D eigenvalue weighted by Crippen LogP contribution is 2.30. The number of ether oxygens (including phenoxy) is 1. The van der Waals surface area contributed by atoms with E-state index in [-0.39, 0.29) is 0 Å². The first kappa shape index (κ1) is 17.7. The fourth-order valence-corrected chi connectivity index (χ4v) is 3.23. The molecule has 5 nitrogen and oxygen atoms in total. The van der Waals surface area contributed by atoms with E-state index in [1.807, 2.05) is 24.4 Å². The summed E-state index contributed by atoms with van der Waals surface area (Å²) in [6, 6.07) is 5.94. The summed E-state index contributed by atoms with van der Waals surface area (Å²) in [5.41, 5.74) is 6.99. The molecule has 1 aromatic rings. The van der Waals surface area contributed by atoms with Gasteiger partial charge in [0.25, 0.3) is 0 Å². The van der Waals surface area contributed by atoms with E-state index in [0.717, 1.165) is 38.2 Å². The number of hydrogen-bond acceptors (Lipinski definition) is 3. The second kappa shape index (κ2) is 10.2. The fraction of sp³-hybridized carbons (Fsp3) is 0.667. The van der Waals surface area contributed by atoms with Crippen molar-refractivity contribution >= 4 is 5.96 Å². The molecule has 1 atom stereocenters. The molecular weight excluding hydrogens is 288 g/mol. The molecule has 1 aromatic heterocycles. The number of pyridine rings is 1. The molecule has 2 rings (SSSR count). The van der Waals surface area contributed by atoms with Crippen LogP contribution in [0.15, 0.2) is 29.4 Å². The summed E-state index contributed by atoms with van der Waals surface area (Å²) >= 11 is 0. The predicted molar refractivity (Wildman–Crippen MR) is 94.4 cm³/mol. The number of guanidine groups is 1. The van der Waals surface area contributed by atoms with E-state index in [0.29, 0.717) is 18.0 Å². The fourth-order valence-electron chi connectivity index (χ4n) is 3.23. The van der Waals surface area contributed by atoms with Gasteiger partial charge in [-0.25, -0.2) is 0 Å². The maximum Gasteiger partial charge on any atom is 0.188 e.